The van der Waals surface area contributed by atoms with Crippen LogP contribution in [0.3, 0.4) is 0 Å². The van der Waals surface area contributed by atoms with Crippen molar-refractivity contribution < 1.29 is 62.3 Å². The summed E-state index contributed by atoms with van der Waals surface area (Å²) in [5.41, 5.74) is 7.72. The van der Waals surface area contributed by atoms with Gasteiger partial charge in [-0.1, -0.05) is 27.7 Å². The Labute approximate surface area is 393 Å². The fourth-order valence-electron chi connectivity index (χ4n) is 10.1. The van der Waals surface area contributed by atoms with Gasteiger partial charge in [0.2, 0.25) is 0 Å². The lowest BCUT2D eigenvalue weighted by Gasteiger charge is -2.32. The van der Waals surface area contributed by atoms with E-state index < -0.39 is 91.7 Å². The van der Waals surface area contributed by atoms with E-state index in [2.05, 4.69) is 20.8 Å². The topological polar surface area (TPSA) is 233 Å². The Hall–Kier alpha value is -5.81. The standard InChI is InChI=1S/C46H52F6N8O8S/c1-43(2)19-33-37(35(61)21-43)39(45(47,48)49)57-59(33)25-9-15-29(41(53)63)31(17-25)55-23-5-11-27(12-6-23)67-69(65,66)68-28-13-7-24(8-14-28)56-32-18-26(10-16-30(32)42(54)64)60-34-20-44(3,4)22-36(62)38(34)40(58-60)46(50,51)52/h9-10,15-18,23-24,27-28,55-56H,5-8,11-14,19-22H2,1-4H3,(H2,53,63)(H2,54,64)/t23-,24-,27-,28-. The molecule has 0 saturated heterocycles. The number of hydrogen-bond donors (Lipinski definition) is 4. The van der Waals surface area contributed by atoms with Gasteiger partial charge in [-0.2, -0.15) is 45.0 Å². The maximum absolute atomic E-state index is 14.1. The average Bonchev–Trinajstić information content (AvgIpc) is 3.81. The summed E-state index contributed by atoms with van der Waals surface area (Å²) in [6.07, 6.45) is -8.63. The molecular weight excluding hydrogens is 939 g/mol. The van der Waals surface area contributed by atoms with E-state index in [9.17, 15) is 53.9 Å². The number of carbonyl (C=O) groups is 4. The number of nitrogens with two attached hydrogens (primary N) is 2. The molecule has 2 aromatic carbocycles. The monoisotopic (exact) mass is 990 g/mol. The number of hydrogen-bond acceptors (Lipinski definition) is 12. The first-order chi connectivity index (χ1) is 32.1. The number of nitrogens with one attached hydrogen (secondary N) is 2. The highest BCUT2D eigenvalue weighted by molar-refractivity contribution is 7.81. The average molecular weight is 991 g/mol. The predicted molar refractivity (Wildman–Crippen MR) is 237 cm³/mol. The predicted octanol–water partition coefficient (Wildman–Crippen LogP) is 8.03. The molecule has 0 bridgehead atoms. The Morgan fingerprint density at radius 2 is 0.971 bits per heavy atom. The molecule has 0 atom stereocenters. The van der Waals surface area contributed by atoms with Gasteiger partial charge in [-0.05, 0) is 111 Å². The number of benzene rings is 2. The van der Waals surface area contributed by atoms with Gasteiger partial charge in [0, 0.05) is 36.3 Å². The fourth-order valence-corrected chi connectivity index (χ4v) is 11.2. The Morgan fingerprint density at radius 3 is 1.29 bits per heavy atom. The minimum absolute atomic E-state index is 0.0617. The Bertz CT molecular complexity index is 2650. The van der Waals surface area contributed by atoms with E-state index in [1.807, 2.05) is 0 Å². The maximum atomic E-state index is 14.1. The molecule has 2 heterocycles. The van der Waals surface area contributed by atoms with Crippen molar-refractivity contribution in [1.29, 1.82) is 0 Å². The number of fused-ring (bicyclic) bond motifs is 2. The third-order valence-electron chi connectivity index (χ3n) is 13.2. The van der Waals surface area contributed by atoms with Gasteiger partial charge in [-0.25, -0.2) is 17.7 Å². The fraction of sp³-hybridized carbons (Fsp3) is 0.522. The third-order valence-corrected chi connectivity index (χ3v) is 14.2. The van der Waals surface area contributed by atoms with E-state index in [4.69, 9.17) is 19.8 Å². The first kappa shape index (κ1) is 49.6. The molecule has 2 amide bonds. The number of alkyl halides is 6. The molecule has 2 aromatic heterocycles. The van der Waals surface area contributed by atoms with Gasteiger partial charge in [0.25, 0.3) is 11.8 Å². The zero-order valence-electron chi connectivity index (χ0n) is 38.1. The summed E-state index contributed by atoms with van der Waals surface area (Å²) in [7, 11) is -4.49. The van der Waals surface area contributed by atoms with Crippen LogP contribution in [-0.2, 0) is 44.0 Å². The lowest BCUT2D eigenvalue weighted by molar-refractivity contribution is -0.142. The Kier molecular flexibility index (Phi) is 12.8. The zero-order valence-corrected chi connectivity index (χ0v) is 39.0. The van der Waals surface area contributed by atoms with Crippen LogP contribution in [0.1, 0.15) is 156 Å². The second-order valence-electron chi connectivity index (χ2n) is 20.1. The maximum Gasteiger partial charge on any atom is 0.435 e. The molecule has 0 unspecified atom stereocenters. The van der Waals surface area contributed by atoms with Crippen molar-refractivity contribution >= 4 is 45.2 Å². The molecular formula is C46H52F6N8O8S. The van der Waals surface area contributed by atoms with Crippen LogP contribution in [0.4, 0.5) is 37.7 Å². The van der Waals surface area contributed by atoms with Crippen LogP contribution in [-0.4, -0.2) is 75.7 Å². The molecule has 69 heavy (non-hydrogen) atoms. The van der Waals surface area contributed by atoms with Gasteiger partial charge < -0.3 is 22.1 Å². The van der Waals surface area contributed by atoms with Crippen LogP contribution >= 0.6 is 0 Å². The van der Waals surface area contributed by atoms with Gasteiger partial charge in [-0.3, -0.25) is 19.2 Å². The summed E-state index contributed by atoms with van der Waals surface area (Å²) in [6.45, 7) is 7.13. The van der Waals surface area contributed by atoms with Crippen LogP contribution in [0.25, 0.3) is 11.4 Å². The number of primary amides is 2. The van der Waals surface area contributed by atoms with Crippen molar-refractivity contribution in [3.8, 4) is 11.4 Å². The molecule has 4 aliphatic carbocycles. The molecule has 8 rings (SSSR count). The van der Waals surface area contributed by atoms with E-state index in [0.717, 1.165) is 9.36 Å². The first-order valence-corrected chi connectivity index (χ1v) is 23.9. The molecule has 2 fully saturated rings. The highest BCUT2D eigenvalue weighted by atomic mass is 32.3. The smallest absolute Gasteiger partial charge is 0.382 e. The van der Waals surface area contributed by atoms with Gasteiger partial charge in [0.1, 0.15) is 0 Å². The third kappa shape index (κ3) is 10.5. The van der Waals surface area contributed by atoms with Crippen molar-refractivity contribution in [3.63, 3.8) is 0 Å². The molecule has 16 nitrogen and oxygen atoms in total. The number of carbonyl (C=O) groups excluding carboxylic acids is 4. The van der Waals surface area contributed by atoms with Crippen molar-refractivity contribution in [1.82, 2.24) is 19.6 Å². The van der Waals surface area contributed by atoms with E-state index >= 15 is 0 Å². The lowest BCUT2D eigenvalue weighted by Crippen LogP contribution is -2.35. The highest BCUT2D eigenvalue weighted by Crippen LogP contribution is 2.44. The summed E-state index contributed by atoms with van der Waals surface area (Å²) in [5.74, 6) is -2.92. The van der Waals surface area contributed by atoms with Crippen molar-refractivity contribution in [2.24, 2.45) is 22.3 Å². The first-order valence-electron chi connectivity index (χ1n) is 22.6. The van der Waals surface area contributed by atoms with Crippen LogP contribution < -0.4 is 22.1 Å². The minimum Gasteiger partial charge on any atom is -0.382 e. The van der Waals surface area contributed by atoms with Gasteiger partial charge in [0.05, 0.1) is 57.2 Å². The number of anilines is 2. The normalized spacial score (nSPS) is 22.7. The summed E-state index contributed by atoms with van der Waals surface area (Å²) >= 11 is 0. The summed E-state index contributed by atoms with van der Waals surface area (Å²) in [4.78, 5) is 50.9. The summed E-state index contributed by atoms with van der Waals surface area (Å²) in [6, 6.07) is 7.80. The van der Waals surface area contributed by atoms with E-state index in [-0.39, 0.29) is 109 Å². The SMILES string of the molecule is CC1(C)CC(=O)c2c(C(F)(F)F)nn(-c3ccc(C(N)=O)c(N[C@H]4CC[C@H](OS(=O)(=O)O[C@H]5CC[C@H](Nc6cc(-n7nc(C(F)(F)F)c8c7CC(C)(C)CC8=O)ccc6C(N)=O)CC5)CC4)c3)c2C1. The van der Waals surface area contributed by atoms with Gasteiger partial charge >= 0.3 is 22.8 Å². The molecule has 23 heteroatoms. The molecule has 6 N–H and O–H groups in total. The van der Waals surface area contributed by atoms with E-state index in [1.54, 1.807) is 27.7 Å². The Morgan fingerprint density at radius 1 is 0.623 bits per heavy atom. The van der Waals surface area contributed by atoms with Crippen molar-refractivity contribution in [3.05, 3.63) is 81.4 Å². The lowest BCUT2D eigenvalue weighted by atomic mass is 9.75. The number of halogens is 6. The van der Waals surface area contributed by atoms with Crippen molar-refractivity contribution in [2.45, 2.75) is 141 Å². The van der Waals surface area contributed by atoms with Crippen LogP contribution in [0, 0.1) is 10.8 Å². The number of aromatic nitrogens is 4. The van der Waals surface area contributed by atoms with Crippen molar-refractivity contribution in [2.75, 3.05) is 10.6 Å². The summed E-state index contributed by atoms with van der Waals surface area (Å²) in [5, 5.41) is 14.2. The van der Waals surface area contributed by atoms with Gasteiger partial charge in [-0.15, -0.1) is 0 Å². The largest absolute Gasteiger partial charge is 0.435 e. The minimum atomic E-state index is -4.89. The van der Waals surface area contributed by atoms with Gasteiger partial charge in [0.15, 0.2) is 23.0 Å². The molecule has 0 spiro atoms. The molecule has 4 aromatic rings. The molecule has 0 radical (unpaired) electrons. The number of amides is 2. The highest BCUT2D eigenvalue weighted by Gasteiger charge is 2.47. The Balaban J connectivity index is 0.884. The zero-order chi connectivity index (χ0) is 50.2. The second-order valence-corrected chi connectivity index (χ2v) is 21.3. The van der Waals surface area contributed by atoms with E-state index in [1.165, 1.54) is 36.4 Å². The number of nitrogens with zero attached hydrogens (tertiary/aromatic N) is 4. The molecule has 2 saturated carbocycles. The molecule has 372 valence electrons. The van der Waals surface area contributed by atoms with Crippen LogP contribution in [0.2, 0.25) is 0 Å². The van der Waals surface area contributed by atoms with Crippen LogP contribution in [0.5, 0.6) is 0 Å². The molecule has 0 aliphatic heterocycles. The quantitative estimate of drug-likeness (QED) is 0.0989. The molecule has 4 aliphatic rings. The number of Topliss-reactive ketones (excluding diaryl/α,β-unsaturated/α-hetero) is 2. The number of ketones is 2. The van der Waals surface area contributed by atoms with Crippen LogP contribution in [0.15, 0.2) is 36.4 Å². The number of rotatable bonds is 12. The van der Waals surface area contributed by atoms with E-state index in [0.29, 0.717) is 25.7 Å². The summed E-state index contributed by atoms with van der Waals surface area (Å²) < 4.78 is 124. The second kappa shape index (κ2) is 17.9.